The molecule has 0 atom stereocenters. The summed E-state index contributed by atoms with van der Waals surface area (Å²) in [5.74, 6) is -0.514. The lowest BCUT2D eigenvalue weighted by Crippen LogP contribution is -2.70. The molecule has 2 aliphatic rings. The van der Waals surface area contributed by atoms with Crippen LogP contribution in [0.25, 0.3) is 11.1 Å². The summed E-state index contributed by atoms with van der Waals surface area (Å²) in [7, 11) is 2.16. The highest BCUT2D eigenvalue weighted by Crippen LogP contribution is 2.40. The summed E-state index contributed by atoms with van der Waals surface area (Å²) in [5.41, 5.74) is 3.11. The van der Waals surface area contributed by atoms with Gasteiger partial charge in [0.15, 0.2) is 0 Å². The van der Waals surface area contributed by atoms with E-state index in [0.29, 0.717) is 16.0 Å². The maximum Gasteiger partial charge on any atom is 0.141 e. The molecule has 0 unspecified atom stereocenters. The van der Waals surface area contributed by atoms with Crippen LogP contribution in [-0.4, -0.2) is 43.0 Å². The molecule has 2 saturated heterocycles. The first-order valence-corrected chi connectivity index (χ1v) is 8.76. The first-order valence-electron chi connectivity index (χ1n) is 8.38. The summed E-state index contributed by atoms with van der Waals surface area (Å²) >= 11 is 6.61. The standard InChI is InChI=1S/C20H19ClFN3/c1-24-10-20(11-24)12-25(13-20)9-16-3-2-4-17(19(16)21)14-5-6-15(8-23)18(22)7-14/h2-7H,9-13H2,1H3. The zero-order valence-electron chi connectivity index (χ0n) is 14.1. The summed E-state index contributed by atoms with van der Waals surface area (Å²) in [4.78, 5) is 4.77. The number of hydrogen-bond donors (Lipinski definition) is 0. The van der Waals surface area contributed by atoms with Gasteiger partial charge in [-0.2, -0.15) is 5.26 Å². The van der Waals surface area contributed by atoms with E-state index in [9.17, 15) is 4.39 Å². The van der Waals surface area contributed by atoms with Crippen LogP contribution in [0.1, 0.15) is 11.1 Å². The Balaban J connectivity index is 1.53. The van der Waals surface area contributed by atoms with Gasteiger partial charge in [-0.25, -0.2) is 4.39 Å². The summed E-state index contributed by atoms with van der Waals surface area (Å²) in [6, 6.07) is 12.4. The zero-order valence-corrected chi connectivity index (χ0v) is 14.9. The van der Waals surface area contributed by atoms with Gasteiger partial charge in [0.2, 0.25) is 0 Å². The van der Waals surface area contributed by atoms with E-state index in [1.165, 1.54) is 25.2 Å². The molecule has 3 nitrogen and oxygen atoms in total. The zero-order chi connectivity index (χ0) is 17.6. The molecular weight excluding hydrogens is 337 g/mol. The summed E-state index contributed by atoms with van der Waals surface area (Å²) < 4.78 is 13.9. The Morgan fingerprint density at radius 3 is 2.60 bits per heavy atom. The Kier molecular flexibility index (Phi) is 4.04. The lowest BCUT2D eigenvalue weighted by molar-refractivity contribution is -0.107. The van der Waals surface area contributed by atoms with Crippen molar-refractivity contribution in [1.82, 2.24) is 9.80 Å². The summed E-state index contributed by atoms with van der Waals surface area (Å²) in [6.07, 6.45) is 0. The molecule has 2 heterocycles. The van der Waals surface area contributed by atoms with Crippen LogP contribution in [0.2, 0.25) is 5.02 Å². The number of rotatable bonds is 3. The second kappa shape index (κ2) is 6.10. The average molecular weight is 356 g/mol. The van der Waals surface area contributed by atoms with Gasteiger partial charge in [-0.15, -0.1) is 0 Å². The molecule has 2 aliphatic heterocycles. The number of halogens is 2. The Morgan fingerprint density at radius 2 is 1.96 bits per heavy atom. The Morgan fingerprint density at radius 1 is 1.20 bits per heavy atom. The minimum Gasteiger partial charge on any atom is -0.305 e. The Bertz CT molecular complexity index is 860. The topological polar surface area (TPSA) is 30.3 Å². The van der Waals surface area contributed by atoms with Crippen LogP contribution in [0.5, 0.6) is 0 Å². The van der Waals surface area contributed by atoms with Crippen molar-refractivity contribution in [3.63, 3.8) is 0 Å². The molecule has 1 spiro atoms. The van der Waals surface area contributed by atoms with Crippen molar-refractivity contribution in [2.45, 2.75) is 6.54 Å². The van der Waals surface area contributed by atoms with Crippen molar-refractivity contribution in [2.75, 3.05) is 33.2 Å². The van der Waals surface area contributed by atoms with Crippen molar-refractivity contribution in [3.05, 3.63) is 58.4 Å². The van der Waals surface area contributed by atoms with Crippen LogP contribution in [0.4, 0.5) is 4.39 Å². The average Bonchev–Trinajstić information content (AvgIpc) is 2.53. The predicted octanol–water partition coefficient (Wildman–Crippen LogP) is 3.77. The maximum atomic E-state index is 13.9. The molecule has 0 saturated carbocycles. The lowest BCUT2D eigenvalue weighted by Gasteiger charge is -2.59. The van der Waals surface area contributed by atoms with E-state index in [0.717, 1.165) is 30.8 Å². The van der Waals surface area contributed by atoms with Crippen LogP contribution in [0.15, 0.2) is 36.4 Å². The molecule has 5 heteroatoms. The fourth-order valence-electron chi connectivity index (χ4n) is 4.25. The van der Waals surface area contributed by atoms with Crippen molar-refractivity contribution in [3.8, 4) is 17.2 Å². The van der Waals surface area contributed by atoms with Gasteiger partial charge in [0.25, 0.3) is 0 Å². The normalized spacial score (nSPS) is 19.3. The molecule has 0 bridgehead atoms. The number of likely N-dealkylation sites (tertiary alicyclic amines) is 2. The van der Waals surface area contributed by atoms with Gasteiger partial charge < -0.3 is 4.90 Å². The van der Waals surface area contributed by atoms with E-state index < -0.39 is 5.82 Å². The molecular formula is C20H19ClFN3. The van der Waals surface area contributed by atoms with E-state index in [4.69, 9.17) is 16.9 Å². The molecule has 0 aromatic heterocycles. The van der Waals surface area contributed by atoms with Crippen LogP contribution in [0.3, 0.4) is 0 Å². The highest BCUT2D eigenvalue weighted by molar-refractivity contribution is 6.34. The predicted molar refractivity (Wildman–Crippen MR) is 96.8 cm³/mol. The summed E-state index contributed by atoms with van der Waals surface area (Å²) in [5, 5.41) is 9.54. The molecule has 4 rings (SSSR count). The van der Waals surface area contributed by atoms with Gasteiger partial charge in [-0.05, 0) is 30.3 Å². The molecule has 2 aromatic carbocycles. The summed E-state index contributed by atoms with van der Waals surface area (Å²) in [6.45, 7) is 5.41. The maximum absolute atomic E-state index is 13.9. The van der Waals surface area contributed by atoms with Crippen LogP contribution in [-0.2, 0) is 6.54 Å². The first-order chi connectivity index (χ1) is 12.0. The third-order valence-electron chi connectivity index (χ3n) is 5.20. The molecule has 0 radical (unpaired) electrons. The Labute approximate surface area is 152 Å². The van der Waals surface area contributed by atoms with Crippen molar-refractivity contribution in [1.29, 1.82) is 5.26 Å². The van der Waals surface area contributed by atoms with Crippen LogP contribution in [0, 0.1) is 22.6 Å². The smallest absolute Gasteiger partial charge is 0.141 e. The van der Waals surface area contributed by atoms with Gasteiger partial charge in [-0.3, -0.25) is 4.90 Å². The van der Waals surface area contributed by atoms with Crippen LogP contribution >= 0.6 is 11.6 Å². The third-order valence-corrected chi connectivity index (χ3v) is 5.65. The first kappa shape index (κ1) is 16.5. The van der Waals surface area contributed by atoms with Gasteiger partial charge in [-0.1, -0.05) is 35.9 Å². The number of nitriles is 1. The van der Waals surface area contributed by atoms with Gasteiger partial charge in [0.1, 0.15) is 11.9 Å². The fraction of sp³-hybridized carbons (Fsp3) is 0.350. The third kappa shape index (κ3) is 2.93. The molecule has 25 heavy (non-hydrogen) atoms. The SMILES string of the molecule is CN1CC2(C1)CN(Cc1cccc(-c3ccc(C#N)c(F)c3)c1Cl)C2. The van der Waals surface area contributed by atoms with E-state index in [1.54, 1.807) is 6.07 Å². The second-order valence-electron chi connectivity index (χ2n) is 7.40. The van der Waals surface area contributed by atoms with Gasteiger partial charge in [0.05, 0.1) is 10.6 Å². The van der Waals surface area contributed by atoms with Crippen molar-refractivity contribution < 1.29 is 4.39 Å². The molecule has 128 valence electrons. The largest absolute Gasteiger partial charge is 0.305 e. The van der Waals surface area contributed by atoms with E-state index >= 15 is 0 Å². The minimum atomic E-state index is -0.514. The van der Waals surface area contributed by atoms with E-state index in [1.807, 2.05) is 24.3 Å². The van der Waals surface area contributed by atoms with E-state index in [2.05, 4.69) is 16.8 Å². The Hall–Kier alpha value is -1.93. The number of hydrogen-bond acceptors (Lipinski definition) is 3. The molecule has 2 aromatic rings. The minimum absolute atomic E-state index is 0.0485. The fourth-order valence-corrected chi connectivity index (χ4v) is 4.55. The number of nitrogens with zero attached hydrogens (tertiary/aromatic N) is 3. The molecule has 0 N–H and O–H groups in total. The van der Waals surface area contributed by atoms with E-state index in [-0.39, 0.29) is 5.56 Å². The monoisotopic (exact) mass is 355 g/mol. The van der Waals surface area contributed by atoms with Crippen LogP contribution < -0.4 is 0 Å². The lowest BCUT2D eigenvalue weighted by atomic mass is 9.73. The number of benzene rings is 2. The highest BCUT2D eigenvalue weighted by Gasteiger charge is 2.49. The second-order valence-corrected chi connectivity index (χ2v) is 7.78. The highest BCUT2D eigenvalue weighted by atomic mass is 35.5. The van der Waals surface area contributed by atoms with Gasteiger partial charge in [0, 0.05) is 43.7 Å². The molecule has 0 amide bonds. The van der Waals surface area contributed by atoms with Gasteiger partial charge >= 0.3 is 0 Å². The molecule has 2 fully saturated rings. The molecule has 0 aliphatic carbocycles. The van der Waals surface area contributed by atoms with Crippen molar-refractivity contribution >= 4 is 11.6 Å². The van der Waals surface area contributed by atoms with Crippen molar-refractivity contribution in [2.24, 2.45) is 5.41 Å². The quantitative estimate of drug-likeness (QED) is 0.839.